The molecule has 0 saturated heterocycles. The van der Waals surface area contributed by atoms with E-state index in [1.165, 1.54) is 12.1 Å². The molecule has 0 fully saturated rings. The molecule has 0 saturated carbocycles. The van der Waals surface area contributed by atoms with E-state index < -0.39 is 17.8 Å². The summed E-state index contributed by atoms with van der Waals surface area (Å²) in [5, 5.41) is 0. The molecule has 6 heteroatoms. The maximum Gasteiger partial charge on any atom is 0.431 e. The smallest absolute Gasteiger partial charge is 0.431 e. The number of amides is 1. The summed E-state index contributed by atoms with van der Waals surface area (Å²) in [6, 6.07) is 5.84. The molecule has 1 amide bonds. The van der Waals surface area contributed by atoms with E-state index in [0.29, 0.717) is 13.0 Å². The van der Waals surface area contributed by atoms with Crippen molar-refractivity contribution < 1.29 is 18.8 Å². The van der Waals surface area contributed by atoms with Crippen molar-refractivity contribution in [3.8, 4) is 0 Å². The largest absolute Gasteiger partial charge is 0.442 e. The van der Waals surface area contributed by atoms with Crippen molar-refractivity contribution in [3.63, 3.8) is 0 Å². The van der Waals surface area contributed by atoms with E-state index in [-0.39, 0.29) is 5.82 Å². The van der Waals surface area contributed by atoms with Gasteiger partial charge in [0.15, 0.2) is 0 Å². The first kappa shape index (κ1) is 16.4. The topological polar surface area (TPSA) is 73.6 Å². The molecule has 5 nitrogen and oxygen atoms in total. The molecule has 1 atom stereocenters. The first-order chi connectivity index (χ1) is 9.31. The van der Waals surface area contributed by atoms with Crippen LogP contribution in [0.2, 0.25) is 0 Å². The van der Waals surface area contributed by atoms with Gasteiger partial charge in [-0.2, -0.15) is 5.48 Å². The number of halogens is 1. The van der Waals surface area contributed by atoms with Crippen molar-refractivity contribution >= 4 is 6.09 Å². The fraction of sp³-hybridized carbons (Fsp3) is 0.500. The van der Waals surface area contributed by atoms with E-state index in [1.807, 2.05) is 0 Å². The lowest BCUT2D eigenvalue weighted by Gasteiger charge is -2.22. The van der Waals surface area contributed by atoms with Crippen LogP contribution in [0.1, 0.15) is 38.9 Å². The minimum atomic E-state index is -0.679. The van der Waals surface area contributed by atoms with Crippen molar-refractivity contribution in [2.24, 2.45) is 5.73 Å². The van der Waals surface area contributed by atoms with E-state index in [2.05, 4.69) is 5.48 Å². The van der Waals surface area contributed by atoms with Gasteiger partial charge in [0.05, 0.1) is 0 Å². The molecule has 0 aliphatic heterocycles. The minimum Gasteiger partial charge on any atom is -0.442 e. The molecule has 0 heterocycles. The highest BCUT2D eigenvalue weighted by Gasteiger charge is 2.18. The van der Waals surface area contributed by atoms with E-state index >= 15 is 0 Å². The Morgan fingerprint density at radius 3 is 2.45 bits per heavy atom. The van der Waals surface area contributed by atoms with E-state index in [1.54, 1.807) is 32.9 Å². The van der Waals surface area contributed by atoms with Gasteiger partial charge in [-0.05, 0) is 51.4 Å². The molecular formula is C14H21FN2O3. The van der Waals surface area contributed by atoms with E-state index in [0.717, 1.165) is 5.56 Å². The van der Waals surface area contributed by atoms with Gasteiger partial charge in [0, 0.05) is 0 Å². The Hall–Kier alpha value is -1.66. The van der Waals surface area contributed by atoms with Gasteiger partial charge in [0.25, 0.3) is 0 Å². The maximum atomic E-state index is 12.9. The predicted octanol–water partition coefficient (Wildman–Crippen LogP) is 2.67. The van der Waals surface area contributed by atoms with Crippen molar-refractivity contribution in [1.82, 2.24) is 5.48 Å². The predicted molar refractivity (Wildman–Crippen MR) is 73.3 cm³/mol. The first-order valence-corrected chi connectivity index (χ1v) is 6.42. The van der Waals surface area contributed by atoms with Crippen LogP contribution in [0.15, 0.2) is 24.3 Å². The number of hydrogen-bond acceptors (Lipinski definition) is 4. The summed E-state index contributed by atoms with van der Waals surface area (Å²) in [5.74, 6) is -0.333. The van der Waals surface area contributed by atoms with Gasteiger partial charge in [0.2, 0.25) is 0 Å². The van der Waals surface area contributed by atoms with Crippen LogP contribution in [0.25, 0.3) is 0 Å². The highest BCUT2D eigenvalue weighted by molar-refractivity contribution is 5.66. The molecule has 1 aromatic rings. The number of hydrogen-bond donors (Lipinski definition) is 2. The van der Waals surface area contributed by atoms with E-state index in [4.69, 9.17) is 15.3 Å². The van der Waals surface area contributed by atoms with Crippen molar-refractivity contribution in [2.75, 3.05) is 6.54 Å². The van der Waals surface area contributed by atoms with Crippen LogP contribution in [0.5, 0.6) is 0 Å². The second-order valence-corrected chi connectivity index (χ2v) is 5.34. The summed E-state index contributed by atoms with van der Waals surface area (Å²) in [6.45, 7) is 5.63. The van der Waals surface area contributed by atoms with Crippen LogP contribution in [0.4, 0.5) is 9.18 Å². The zero-order valence-corrected chi connectivity index (χ0v) is 12.0. The number of hydroxylamine groups is 1. The lowest BCUT2D eigenvalue weighted by Crippen LogP contribution is -2.33. The summed E-state index contributed by atoms with van der Waals surface area (Å²) in [5.41, 5.74) is 7.86. The van der Waals surface area contributed by atoms with Gasteiger partial charge in [-0.25, -0.2) is 9.18 Å². The Labute approximate surface area is 118 Å². The monoisotopic (exact) mass is 284 g/mol. The molecule has 0 aliphatic rings. The minimum absolute atomic E-state index is 0.333. The number of ether oxygens (including phenoxy) is 1. The molecule has 3 N–H and O–H groups in total. The lowest BCUT2D eigenvalue weighted by atomic mass is 10.1. The molecular weight excluding hydrogens is 263 g/mol. The van der Waals surface area contributed by atoms with Gasteiger partial charge in [-0.3, -0.25) is 4.84 Å². The number of rotatable bonds is 5. The second-order valence-electron chi connectivity index (χ2n) is 5.34. The summed E-state index contributed by atoms with van der Waals surface area (Å²) in [7, 11) is 0. The molecule has 1 rings (SSSR count). The van der Waals surface area contributed by atoms with Crippen LogP contribution in [-0.4, -0.2) is 18.2 Å². The van der Waals surface area contributed by atoms with Gasteiger partial charge in [0.1, 0.15) is 17.5 Å². The molecule has 0 radical (unpaired) electrons. The normalized spacial score (nSPS) is 12.8. The summed E-state index contributed by atoms with van der Waals surface area (Å²) in [6.07, 6.45) is -0.642. The zero-order valence-electron chi connectivity index (χ0n) is 12.0. The van der Waals surface area contributed by atoms with Gasteiger partial charge in [-0.1, -0.05) is 12.1 Å². The van der Waals surface area contributed by atoms with Gasteiger partial charge >= 0.3 is 6.09 Å². The third-order valence-electron chi connectivity index (χ3n) is 2.35. The highest BCUT2D eigenvalue weighted by atomic mass is 19.1. The summed E-state index contributed by atoms with van der Waals surface area (Å²) >= 11 is 0. The highest BCUT2D eigenvalue weighted by Crippen LogP contribution is 2.20. The van der Waals surface area contributed by atoms with Crippen molar-refractivity contribution in [3.05, 3.63) is 35.6 Å². The van der Waals surface area contributed by atoms with Crippen LogP contribution >= 0.6 is 0 Å². The Morgan fingerprint density at radius 1 is 1.35 bits per heavy atom. The number of nitrogens with one attached hydrogen (secondary N) is 1. The molecule has 1 unspecified atom stereocenters. The van der Waals surface area contributed by atoms with Crippen LogP contribution in [0, 0.1) is 5.82 Å². The SMILES string of the molecule is CC(C)(C)OC(=O)NOC(CCN)c1ccc(F)cc1. The molecule has 0 aromatic heterocycles. The maximum absolute atomic E-state index is 12.9. The van der Waals surface area contributed by atoms with Crippen LogP contribution in [-0.2, 0) is 9.57 Å². The Balaban J connectivity index is 2.59. The number of carbonyl (C=O) groups is 1. The Morgan fingerprint density at radius 2 is 1.95 bits per heavy atom. The zero-order chi connectivity index (χ0) is 15.2. The average molecular weight is 284 g/mol. The quantitative estimate of drug-likeness (QED) is 0.815. The molecule has 0 bridgehead atoms. The Kier molecular flexibility index (Phi) is 5.91. The average Bonchev–Trinajstić information content (AvgIpc) is 2.33. The lowest BCUT2D eigenvalue weighted by molar-refractivity contribution is -0.0455. The molecule has 112 valence electrons. The van der Waals surface area contributed by atoms with Crippen LogP contribution in [0.3, 0.4) is 0 Å². The Bertz CT molecular complexity index is 429. The molecule has 20 heavy (non-hydrogen) atoms. The summed E-state index contributed by atoms with van der Waals surface area (Å²) in [4.78, 5) is 16.8. The fourth-order valence-corrected chi connectivity index (χ4v) is 1.54. The molecule has 1 aromatic carbocycles. The third kappa shape index (κ3) is 5.99. The second kappa shape index (κ2) is 7.21. The van der Waals surface area contributed by atoms with Gasteiger partial charge in [-0.15, -0.1) is 0 Å². The summed E-state index contributed by atoms with van der Waals surface area (Å²) < 4.78 is 17.9. The molecule has 0 aliphatic carbocycles. The number of nitrogens with two attached hydrogens (primary N) is 1. The third-order valence-corrected chi connectivity index (χ3v) is 2.35. The van der Waals surface area contributed by atoms with E-state index in [9.17, 15) is 9.18 Å². The first-order valence-electron chi connectivity index (χ1n) is 6.42. The number of carbonyl (C=O) groups excluding carboxylic acids is 1. The standard InChI is InChI=1S/C14H21FN2O3/c1-14(2,3)19-13(18)17-20-12(8-9-16)10-4-6-11(15)7-5-10/h4-7,12H,8-9,16H2,1-3H3,(H,17,18). The van der Waals surface area contributed by atoms with Gasteiger partial charge < -0.3 is 10.5 Å². The number of benzene rings is 1. The van der Waals surface area contributed by atoms with Crippen molar-refractivity contribution in [2.45, 2.75) is 38.9 Å². The van der Waals surface area contributed by atoms with Crippen molar-refractivity contribution in [1.29, 1.82) is 0 Å². The van der Waals surface area contributed by atoms with Crippen LogP contribution < -0.4 is 11.2 Å². The fourth-order valence-electron chi connectivity index (χ4n) is 1.54. The molecule has 0 spiro atoms.